The topological polar surface area (TPSA) is 43.8 Å². The molecule has 2 heterocycles. The zero-order chi connectivity index (χ0) is 11.8. The lowest BCUT2D eigenvalue weighted by Gasteiger charge is -2.02. The maximum absolute atomic E-state index is 5.91. The molecule has 0 saturated carbocycles. The van der Waals surface area contributed by atoms with Gasteiger partial charge < -0.3 is 5.73 Å². The van der Waals surface area contributed by atoms with Crippen LogP contribution in [-0.4, -0.2) is 9.78 Å². The van der Waals surface area contributed by atoms with Crippen LogP contribution in [0.5, 0.6) is 0 Å². The highest BCUT2D eigenvalue weighted by atomic mass is 32.1. The van der Waals surface area contributed by atoms with Gasteiger partial charge in [0.15, 0.2) is 0 Å². The number of thiophene rings is 1. The number of fused-ring (bicyclic) bond motifs is 1. The van der Waals surface area contributed by atoms with E-state index in [1.165, 1.54) is 15.6 Å². The van der Waals surface area contributed by atoms with Gasteiger partial charge in [-0.05, 0) is 29.3 Å². The van der Waals surface area contributed by atoms with Crippen molar-refractivity contribution in [2.45, 2.75) is 13.5 Å². The van der Waals surface area contributed by atoms with Crippen LogP contribution in [0, 0.1) is 6.92 Å². The van der Waals surface area contributed by atoms with Crippen molar-refractivity contribution in [3.8, 4) is 0 Å². The van der Waals surface area contributed by atoms with E-state index >= 15 is 0 Å². The van der Waals surface area contributed by atoms with Gasteiger partial charge in [-0.3, -0.25) is 0 Å². The zero-order valence-electron chi connectivity index (χ0n) is 9.55. The van der Waals surface area contributed by atoms with Gasteiger partial charge in [0.05, 0.1) is 12.2 Å². The average molecular weight is 243 g/mol. The Kier molecular flexibility index (Phi) is 2.37. The molecule has 3 nitrogen and oxygen atoms in total. The van der Waals surface area contributed by atoms with Crippen LogP contribution >= 0.6 is 11.3 Å². The van der Waals surface area contributed by atoms with Gasteiger partial charge in [0.2, 0.25) is 0 Å². The molecule has 0 fully saturated rings. The van der Waals surface area contributed by atoms with Crippen LogP contribution in [0.1, 0.15) is 11.3 Å². The molecule has 3 aromatic rings. The monoisotopic (exact) mass is 243 g/mol. The van der Waals surface area contributed by atoms with Gasteiger partial charge in [-0.15, -0.1) is 11.3 Å². The van der Waals surface area contributed by atoms with Gasteiger partial charge in [-0.2, -0.15) is 5.10 Å². The summed E-state index contributed by atoms with van der Waals surface area (Å²) in [4.78, 5) is 0. The van der Waals surface area contributed by atoms with E-state index in [2.05, 4.69) is 34.7 Å². The number of benzene rings is 1. The highest BCUT2D eigenvalue weighted by Crippen LogP contribution is 2.26. The second kappa shape index (κ2) is 3.89. The average Bonchev–Trinajstić information content (AvgIpc) is 2.85. The SMILES string of the molecule is Cc1cc(N)n(Cc2csc3ccccc23)n1. The first-order valence-electron chi connectivity index (χ1n) is 5.49. The molecule has 0 aliphatic carbocycles. The largest absolute Gasteiger partial charge is 0.384 e. The number of hydrogen-bond donors (Lipinski definition) is 1. The molecule has 0 radical (unpaired) electrons. The Morgan fingerprint density at radius 2 is 2.18 bits per heavy atom. The standard InChI is InChI=1S/C13H13N3S/c1-9-6-13(14)16(15-9)7-10-8-17-12-5-3-2-4-11(10)12/h2-6,8H,7,14H2,1H3. The summed E-state index contributed by atoms with van der Waals surface area (Å²) in [5.74, 6) is 0.720. The molecule has 4 heteroatoms. The fourth-order valence-electron chi connectivity index (χ4n) is 2.01. The third-order valence-electron chi connectivity index (χ3n) is 2.81. The summed E-state index contributed by atoms with van der Waals surface area (Å²) >= 11 is 1.76. The molecule has 86 valence electrons. The number of nitrogens with zero attached hydrogens (tertiary/aromatic N) is 2. The van der Waals surface area contributed by atoms with Crippen molar-refractivity contribution in [2.75, 3.05) is 5.73 Å². The Balaban J connectivity index is 2.03. The maximum Gasteiger partial charge on any atom is 0.122 e. The van der Waals surface area contributed by atoms with E-state index in [1.807, 2.05) is 17.7 Å². The lowest BCUT2D eigenvalue weighted by Crippen LogP contribution is -2.05. The van der Waals surface area contributed by atoms with Crippen LogP contribution in [0.4, 0.5) is 5.82 Å². The Morgan fingerprint density at radius 1 is 1.35 bits per heavy atom. The van der Waals surface area contributed by atoms with E-state index in [4.69, 9.17) is 5.73 Å². The fourth-order valence-corrected chi connectivity index (χ4v) is 2.96. The summed E-state index contributed by atoms with van der Waals surface area (Å²) in [5, 5.41) is 7.87. The highest BCUT2D eigenvalue weighted by molar-refractivity contribution is 7.17. The van der Waals surface area contributed by atoms with Crippen LogP contribution in [0.25, 0.3) is 10.1 Å². The molecule has 2 aromatic heterocycles. The molecule has 0 aliphatic heterocycles. The second-order valence-corrected chi connectivity index (χ2v) is 5.04. The molecule has 0 saturated heterocycles. The normalized spacial score (nSPS) is 11.1. The number of aromatic nitrogens is 2. The van der Waals surface area contributed by atoms with E-state index in [9.17, 15) is 0 Å². The third kappa shape index (κ3) is 1.80. The smallest absolute Gasteiger partial charge is 0.122 e. The second-order valence-electron chi connectivity index (χ2n) is 4.13. The Morgan fingerprint density at radius 3 is 2.94 bits per heavy atom. The summed E-state index contributed by atoms with van der Waals surface area (Å²) in [7, 11) is 0. The van der Waals surface area contributed by atoms with Gasteiger partial charge in [-0.25, -0.2) is 4.68 Å². The highest BCUT2D eigenvalue weighted by Gasteiger charge is 2.07. The Labute approximate surface area is 103 Å². The predicted molar refractivity (Wildman–Crippen MR) is 72.3 cm³/mol. The van der Waals surface area contributed by atoms with Crippen LogP contribution in [-0.2, 0) is 6.54 Å². The van der Waals surface area contributed by atoms with Crippen molar-refractivity contribution in [3.05, 3.63) is 47.0 Å². The predicted octanol–water partition coefficient (Wildman–Crippen LogP) is 3.04. The Hall–Kier alpha value is -1.81. The molecular formula is C13H13N3S. The first-order chi connectivity index (χ1) is 8.24. The molecule has 0 atom stereocenters. The summed E-state index contributed by atoms with van der Waals surface area (Å²) in [5.41, 5.74) is 8.14. The Bertz CT molecular complexity index is 666. The van der Waals surface area contributed by atoms with Crippen molar-refractivity contribution < 1.29 is 0 Å². The van der Waals surface area contributed by atoms with Crippen molar-refractivity contribution in [3.63, 3.8) is 0 Å². The summed E-state index contributed by atoms with van der Waals surface area (Å²) in [6.45, 7) is 2.70. The van der Waals surface area contributed by atoms with Gasteiger partial charge in [0.25, 0.3) is 0 Å². The van der Waals surface area contributed by atoms with E-state index in [0.717, 1.165) is 18.1 Å². The van der Waals surface area contributed by atoms with Gasteiger partial charge in [0, 0.05) is 10.8 Å². The third-order valence-corrected chi connectivity index (χ3v) is 3.83. The maximum atomic E-state index is 5.91. The number of anilines is 1. The summed E-state index contributed by atoms with van der Waals surface area (Å²) in [6, 6.07) is 10.3. The van der Waals surface area contributed by atoms with Crippen molar-refractivity contribution in [1.82, 2.24) is 9.78 Å². The fraction of sp³-hybridized carbons (Fsp3) is 0.154. The zero-order valence-corrected chi connectivity index (χ0v) is 10.4. The molecule has 0 spiro atoms. The number of nitrogen functional groups attached to an aromatic ring is 1. The van der Waals surface area contributed by atoms with Crippen molar-refractivity contribution >= 4 is 27.2 Å². The minimum absolute atomic E-state index is 0.720. The lowest BCUT2D eigenvalue weighted by molar-refractivity contribution is 0.694. The molecule has 3 rings (SSSR count). The van der Waals surface area contributed by atoms with Crippen LogP contribution in [0.15, 0.2) is 35.7 Å². The summed E-state index contributed by atoms with van der Waals surface area (Å²) in [6.07, 6.45) is 0. The molecule has 17 heavy (non-hydrogen) atoms. The molecule has 0 aliphatic rings. The number of rotatable bonds is 2. The van der Waals surface area contributed by atoms with Crippen molar-refractivity contribution in [2.24, 2.45) is 0 Å². The molecule has 0 unspecified atom stereocenters. The lowest BCUT2D eigenvalue weighted by atomic mass is 10.2. The van der Waals surface area contributed by atoms with E-state index in [0.29, 0.717) is 0 Å². The van der Waals surface area contributed by atoms with E-state index in [1.54, 1.807) is 11.3 Å². The number of aryl methyl sites for hydroxylation is 1. The molecule has 0 bridgehead atoms. The number of nitrogens with two attached hydrogens (primary N) is 1. The quantitative estimate of drug-likeness (QED) is 0.751. The molecular weight excluding hydrogens is 230 g/mol. The first kappa shape index (κ1) is 10.4. The number of hydrogen-bond acceptors (Lipinski definition) is 3. The van der Waals surface area contributed by atoms with Crippen LogP contribution in [0.2, 0.25) is 0 Å². The molecule has 2 N–H and O–H groups in total. The van der Waals surface area contributed by atoms with Gasteiger partial charge >= 0.3 is 0 Å². The minimum Gasteiger partial charge on any atom is -0.384 e. The minimum atomic E-state index is 0.720. The van der Waals surface area contributed by atoms with Gasteiger partial charge in [-0.1, -0.05) is 18.2 Å². The first-order valence-corrected chi connectivity index (χ1v) is 6.37. The van der Waals surface area contributed by atoms with Crippen LogP contribution < -0.4 is 5.73 Å². The summed E-state index contributed by atoms with van der Waals surface area (Å²) < 4.78 is 3.16. The van der Waals surface area contributed by atoms with Crippen LogP contribution in [0.3, 0.4) is 0 Å². The molecule has 0 amide bonds. The van der Waals surface area contributed by atoms with Crippen molar-refractivity contribution in [1.29, 1.82) is 0 Å². The van der Waals surface area contributed by atoms with E-state index < -0.39 is 0 Å². The van der Waals surface area contributed by atoms with Gasteiger partial charge in [0.1, 0.15) is 5.82 Å². The van der Waals surface area contributed by atoms with E-state index in [-0.39, 0.29) is 0 Å². The molecule has 1 aromatic carbocycles.